The van der Waals surface area contributed by atoms with Gasteiger partial charge in [0.05, 0.1) is 17.3 Å². The van der Waals surface area contributed by atoms with E-state index in [-0.39, 0.29) is 30.7 Å². The number of furan rings is 1. The van der Waals surface area contributed by atoms with E-state index in [0.717, 1.165) is 24.0 Å². The summed E-state index contributed by atoms with van der Waals surface area (Å²) >= 11 is 0. The number of nitrogens with one attached hydrogen (secondary N) is 1. The molecule has 0 radical (unpaired) electrons. The lowest BCUT2D eigenvalue weighted by Gasteiger charge is -2.32. The quantitative estimate of drug-likeness (QED) is 0.719. The molecular formula is C19H21Cl2N3O2. The maximum absolute atomic E-state index is 13.1. The number of rotatable bonds is 2. The van der Waals surface area contributed by atoms with Crippen LogP contribution in [-0.2, 0) is 0 Å². The summed E-state index contributed by atoms with van der Waals surface area (Å²) in [6, 6.07) is 13.6. The first-order valence-corrected chi connectivity index (χ1v) is 8.19. The molecule has 1 amide bonds. The third kappa shape index (κ3) is 3.85. The molecule has 1 saturated heterocycles. The Kier molecular flexibility index (Phi) is 6.64. The summed E-state index contributed by atoms with van der Waals surface area (Å²) in [6.07, 6.45) is 1.62. The zero-order valence-electron chi connectivity index (χ0n) is 14.3. The van der Waals surface area contributed by atoms with Crippen molar-refractivity contribution in [2.45, 2.75) is 13.0 Å². The number of fused-ring (bicyclic) bond motifs is 1. The molecule has 26 heavy (non-hydrogen) atoms. The normalized spacial score (nSPS) is 16.7. The van der Waals surface area contributed by atoms with Gasteiger partial charge in [-0.25, -0.2) is 4.98 Å². The van der Waals surface area contributed by atoms with Crippen LogP contribution in [0.4, 0.5) is 0 Å². The summed E-state index contributed by atoms with van der Waals surface area (Å²) < 4.78 is 5.47. The summed E-state index contributed by atoms with van der Waals surface area (Å²) in [4.78, 5) is 19.7. The Labute approximate surface area is 164 Å². The first-order valence-electron chi connectivity index (χ1n) is 8.19. The Hall–Kier alpha value is -2.08. The number of carbonyl (C=O) groups is 1. The molecule has 1 N–H and O–H groups in total. The Bertz CT molecular complexity index is 884. The van der Waals surface area contributed by atoms with Crippen molar-refractivity contribution in [1.29, 1.82) is 0 Å². The number of amides is 1. The molecule has 1 fully saturated rings. The molecule has 4 rings (SSSR count). The van der Waals surface area contributed by atoms with Crippen LogP contribution in [0.25, 0.3) is 22.4 Å². The van der Waals surface area contributed by atoms with Gasteiger partial charge in [0.2, 0.25) is 0 Å². The highest BCUT2D eigenvalue weighted by molar-refractivity contribution is 6.07. The molecule has 0 aliphatic carbocycles. The van der Waals surface area contributed by atoms with Crippen molar-refractivity contribution >= 4 is 41.6 Å². The number of pyridine rings is 1. The van der Waals surface area contributed by atoms with Gasteiger partial charge in [0, 0.05) is 31.1 Å². The Morgan fingerprint density at radius 1 is 1.23 bits per heavy atom. The number of carbonyl (C=O) groups excluding carboxylic acids is 1. The van der Waals surface area contributed by atoms with Crippen LogP contribution < -0.4 is 5.32 Å². The lowest BCUT2D eigenvalue weighted by molar-refractivity contribution is 0.0711. The molecule has 7 heteroatoms. The largest absolute Gasteiger partial charge is 0.463 e. The predicted molar refractivity (Wildman–Crippen MR) is 107 cm³/mol. The van der Waals surface area contributed by atoms with Gasteiger partial charge in [-0.05, 0) is 31.2 Å². The lowest BCUT2D eigenvalue weighted by atomic mass is 10.0. The minimum absolute atomic E-state index is 0. The number of piperazine rings is 1. The SMILES string of the molecule is CC1CN(C(=O)c2cc(-c3ccco3)nc3ccccc23)CCN1.Cl.Cl. The van der Waals surface area contributed by atoms with Crippen molar-refractivity contribution in [3.8, 4) is 11.5 Å². The summed E-state index contributed by atoms with van der Waals surface area (Å²) in [5, 5.41) is 4.25. The lowest BCUT2D eigenvalue weighted by Crippen LogP contribution is -2.51. The molecule has 2 aromatic heterocycles. The van der Waals surface area contributed by atoms with Crippen molar-refractivity contribution in [2.24, 2.45) is 0 Å². The summed E-state index contributed by atoms with van der Waals surface area (Å²) in [7, 11) is 0. The summed E-state index contributed by atoms with van der Waals surface area (Å²) in [5.41, 5.74) is 2.17. The summed E-state index contributed by atoms with van der Waals surface area (Å²) in [6.45, 7) is 4.35. The molecular weight excluding hydrogens is 373 g/mol. The molecule has 1 aliphatic rings. The van der Waals surface area contributed by atoms with E-state index >= 15 is 0 Å². The Balaban J connectivity index is 0.00000121. The molecule has 1 unspecified atom stereocenters. The van der Waals surface area contributed by atoms with Gasteiger partial charge in [-0.15, -0.1) is 24.8 Å². The topological polar surface area (TPSA) is 58.4 Å². The third-order valence-corrected chi connectivity index (χ3v) is 4.38. The number of para-hydroxylation sites is 1. The van der Waals surface area contributed by atoms with Crippen LogP contribution in [0, 0.1) is 0 Å². The molecule has 0 spiro atoms. The maximum atomic E-state index is 13.1. The zero-order valence-corrected chi connectivity index (χ0v) is 16.0. The van der Waals surface area contributed by atoms with Gasteiger partial charge in [0.1, 0.15) is 5.69 Å². The second-order valence-electron chi connectivity index (χ2n) is 6.16. The fourth-order valence-corrected chi connectivity index (χ4v) is 3.19. The van der Waals surface area contributed by atoms with E-state index in [9.17, 15) is 4.79 Å². The second kappa shape index (κ2) is 8.54. The van der Waals surface area contributed by atoms with Crippen LogP contribution in [0.5, 0.6) is 0 Å². The van der Waals surface area contributed by atoms with Gasteiger partial charge in [-0.1, -0.05) is 18.2 Å². The van der Waals surface area contributed by atoms with E-state index in [1.807, 2.05) is 47.4 Å². The van der Waals surface area contributed by atoms with Gasteiger partial charge in [0.15, 0.2) is 5.76 Å². The van der Waals surface area contributed by atoms with Gasteiger partial charge < -0.3 is 14.6 Å². The minimum atomic E-state index is 0. The van der Waals surface area contributed by atoms with Crippen LogP contribution in [0.15, 0.2) is 53.1 Å². The monoisotopic (exact) mass is 393 g/mol. The fourth-order valence-electron chi connectivity index (χ4n) is 3.19. The molecule has 138 valence electrons. The van der Waals surface area contributed by atoms with Crippen molar-refractivity contribution in [3.05, 3.63) is 54.3 Å². The molecule has 3 heterocycles. The Morgan fingerprint density at radius 3 is 2.77 bits per heavy atom. The van der Waals surface area contributed by atoms with Crippen LogP contribution >= 0.6 is 24.8 Å². The number of hydrogen-bond acceptors (Lipinski definition) is 4. The number of hydrogen-bond donors (Lipinski definition) is 1. The number of benzene rings is 1. The molecule has 5 nitrogen and oxygen atoms in total. The average molecular weight is 394 g/mol. The number of aromatic nitrogens is 1. The van der Waals surface area contributed by atoms with Crippen molar-refractivity contribution in [2.75, 3.05) is 19.6 Å². The minimum Gasteiger partial charge on any atom is -0.463 e. The molecule has 0 saturated carbocycles. The number of nitrogens with zero attached hydrogens (tertiary/aromatic N) is 2. The zero-order chi connectivity index (χ0) is 16.5. The van der Waals surface area contributed by atoms with E-state index in [0.29, 0.717) is 29.6 Å². The summed E-state index contributed by atoms with van der Waals surface area (Å²) in [5.74, 6) is 0.721. The van der Waals surface area contributed by atoms with E-state index in [1.54, 1.807) is 6.26 Å². The molecule has 3 aromatic rings. The van der Waals surface area contributed by atoms with E-state index in [2.05, 4.69) is 17.2 Å². The van der Waals surface area contributed by atoms with Crippen molar-refractivity contribution < 1.29 is 9.21 Å². The van der Waals surface area contributed by atoms with Crippen LogP contribution in [0.1, 0.15) is 17.3 Å². The fraction of sp³-hybridized carbons (Fsp3) is 0.263. The predicted octanol–water partition coefficient (Wildman–Crippen LogP) is 3.77. The van der Waals surface area contributed by atoms with Crippen LogP contribution in [-0.4, -0.2) is 41.5 Å². The van der Waals surface area contributed by atoms with Gasteiger partial charge in [0.25, 0.3) is 5.91 Å². The molecule has 1 aliphatic heterocycles. The highest BCUT2D eigenvalue weighted by Gasteiger charge is 2.24. The van der Waals surface area contributed by atoms with Crippen molar-refractivity contribution in [3.63, 3.8) is 0 Å². The van der Waals surface area contributed by atoms with Gasteiger partial charge >= 0.3 is 0 Å². The average Bonchev–Trinajstić information content (AvgIpc) is 3.15. The standard InChI is InChI=1S/C19H19N3O2.2ClH/c1-13-12-22(9-8-20-13)19(23)15-11-17(18-7-4-10-24-18)21-16-6-3-2-5-14(15)16;;/h2-7,10-11,13,20H,8-9,12H2,1H3;2*1H. The molecule has 1 atom stereocenters. The second-order valence-corrected chi connectivity index (χ2v) is 6.16. The highest BCUT2D eigenvalue weighted by Crippen LogP contribution is 2.26. The molecule has 0 bridgehead atoms. The first-order chi connectivity index (χ1) is 11.7. The van der Waals surface area contributed by atoms with E-state index < -0.39 is 0 Å². The first kappa shape index (κ1) is 20.2. The number of halogens is 2. The van der Waals surface area contributed by atoms with Crippen LogP contribution in [0.3, 0.4) is 0 Å². The maximum Gasteiger partial charge on any atom is 0.254 e. The van der Waals surface area contributed by atoms with Crippen LogP contribution in [0.2, 0.25) is 0 Å². The smallest absolute Gasteiger partial charge is 0.254 e. The highest BCUT2D eigenvalue weighted by atomic mass is 35.5. The third-order valence-electron chi connectivity index (χ3n) is 4.38. The Morgan fingerprint density at radius 2 is 2.04 bits per heavy atom. The van der Waals surface area contributed by atoms with E-state index in [1.165, 1.54) is 0 Å². The van der Waals surface area contributed by atoms with Gasteiger partial charge in [-0.3, -0.25) is 4.79 Å². The van der Waals surface area contributed by atoms with Gasteiger partial charge in [-0.2, -0.15) is 0 Å². The van der Waals surface area contributed by atoms with E-state index in [4.69, 9.17) is 4.42 Å². The molecule has 1 aromatic carbocycles. The van der Waals surface area contributed by atoms with Crippen molar-refractivity contribution in [1.82, 2.24) is 15.2 Å².